The van der Waals surface area contributed by atoms with E-state index in [0.29, 0.717) is 11.6 Å². The number of hydrogen-bond acceptors (Lipinski definition) is 3. The molecule has 2 fully saturated rings. The summed E-state index contributed by atoms with van der Waals surface area (Å²) in [5.74, 6) is 3.25. The van der Waals surface area contributed by atoms with Crippen molar-refractivity contribution in [3.63, 3.8) is 0 Å². The summed E-state index contributed by atoms with van der Waals surface area (Å²) in [4.78, 5) is 2.66. The first-order valence-corrected chi connectivity index (χ1v) is 9.48. The Kier molecular flexibility index (Phi) is 5.62. The fraction of sp³-hybridized carbons (Fsp3) is 1.00. The molecule has 2 saturated carbocycles. The predicted molar refractivity (Wildman–Crippen MR) is 86.7 cm³/mol. The molecule has 0 aliphatic heterocycles. The van der Waals surface area contributed by atoms with Gasteiger partial charge < -0.3 is 5.73 Å². The SMILES string of the molecule is CCC(CSC)N(C)C1(CN)CCCC(C2CC2)C1. The van der Waals surface area contributed by atoms with Gasteiger partial charge in [0.2, 0.25) is 0 Å². The molecule has 0 aromatic heterocycles. The van der Waals surface area contributed by atoms with Gasteiger partial charge in [0.1, 0.15) is 0 Å². The van der Waals surface area contributed by atoms with Gasteiger partial charge in [-0.1, -0.05) is 19.8 Å². The van der Waals surface area contributed by atoms with Crippen LogP contribution in [0.5, 0.6) is 0 Å². The van der Waals surface area contributed by atoms with Gasteiger partial charge in [0.05, 0.1) is 0 Å². The monoisotopic (exact) mass is 284 g/mol. The Morgan fingerprint density at radius 1 is 1.32 bits per heavy atom. The van der Waals surface area contributed by atoms with Gasteiger partial charge in [-0.05, 0) is 57.2 Å². The molecule has 0 aromatic carbocycles. The van der Waals surface area contributed by atoms with E-state index in [1.165, 1.54) is 50.7 Å². The second-order valence-corrected chi connectivity index (χ2v) is 7.66. The Balaban J connectivity index is 2.06. The molecule has 0 spiro atoms. The first kappa shape index (κ1) is 15.7. The zero-order chi connectivity index (χ0) is 13.9. The summed E-state index contributed by atoms with van der Waals surface area (Å²) >= 11 is 1.97. The highest BCUT2D eigenvalue weighted by atomic mass is 32.2. The van der Waals surface area contributed by atoms with Crippen LogP contribution in [0.4, 0.5) is 0 Å². The molecule has 3 atom stereocenters. The minimum Gasteiger partial charge on any atom is -0.329 e. The maximum Gasteiger partial charge on any atom is 0.0334 e. The van der Waals surface area contributed by atoms with Crippen LogP contribution in [0.3, 0.4) is 0 Å². The first-order valence-electron chi connectivity index (χ1n) is 8.08. The van der Waals surface area contributed by atoms with Crippen LogP contribution in [0.25, 0.3) is 0 Å². The molecule has 2 rings (SSSR count). The van der Waals surface area contributed by atoms with E-state index in [1.54, 1.807) is 0 Å². The Hall–Kier alpha value is 0.270. The Morgan fingerprint density at radius 3 is 2.58 bits per heavy atom. The number of rotatable bonds is 7. The molecule has 0 aromatic rings. The maximum atomic E-state index is 6.26. The van der Waals surface area contributed by atoms with E-state index in [9.17, 15) is 0 Å². The Morgan fingerprint density at radius 2 is 2.05 bits per heavy atom. The van der Waals surface area contributed by atoms with Crippen LogP contribution in [0.2, 0.25) is 0 Å². The van der Waals surface area contributed by atoms with E-state index in [2.05, 4.69) is 25.1 Å². The molecule has 19 heavy (non-hydrogen) atoms. The molecule has 2 N–H and O–H groups in total. The average molecular weight is 285 g/mol. The number of nitrogens with zero attached hydrogens (tertiary/aromatic N) is 1. The van der Waals surface area contributed by atoms with Gasteiger partial charge >= 0.3 is 0 Å². The van der Waals surface area contributed by atoms with Crippen molar-refractivity contribution in [2.24, 2.45) is 17.6 Å². The lowest BCUT2D eigenvalue weighted by atomic mass is 9.72. The number of nitrogens with two attached hydrogens (primary N) is 1. The van der Waals surface area contributed by atoms with Gasteiger partial charge in [0.15, 0.2) is 0 Å². The van der Waals surface area contributed by atoms with E-state index in [-0.39, 0.29) is 0 Å². The van der Waals surface area contributed by atoms with Crippen molar-refractivity contribution < 1.29 is 0 Å². The number of likely N-dealkylation sites (N-methyl/N-ethyl adjacent to an activating group) is 1. The van der Waals surface area contributed by atoms with Gasteiger partial charge in [-0.15, -0.1) is 0 Å². The van der Waals surface area contributed by atoms with Crippen LogP contribution >= 0.6 is 11.8 Å². The topological polar surface area (TPSA) is 29.3 Å². The summed E-state index contributed by atoms with van der Waals surface area (Å²) < 4.78 is 0. The summed E-state index contributed by atoms with van der Waals surface area (Å²) in [5, 5.41) is 0. The lowest BCUT2D eigenvalue weighted by Gasteiger charge is -2.50. The molecule has 2 aliphatic carbocycles. The Labute approximate surface area is 123 Å². The standard InChI is InChI=1S/C16H32N2S/c1-4-15(11-19-3)18(2)16(12-17)9-5-6-14(10-16)13-7-8-13/h13-15H,4-12,17H2,1-3H3. The second-order valence-electron chi connectivity index (χ2n) is 6.75. The van der Waals surface area contributed by atoms with Crippen LogP contribution in [0.15, 0.2) is 0 Å². The molecule has 0 heterocycles. The van der Waals surface area contributed by atoms with Crippen LogP contribution in [0, 0.1) is 11.8 Å². The van der Waals surface area contributed by atoms with E-state index < -0.39 is 0 Å². The molecule has 0 saturated heterocycles. The van der Waals surface area contributed by atoms with Crippen LogP contribution in [0.1, 0.15) is 51.9 Å². The van der Waals surface area contributed by atoms with E-state index >= 15 is 0 Å². The third-order valence-corrected chi connectivity index (χ3v) is 6.37. The van der Waals surface area contributed by atoms with Gasteiger partial charge in [0, 0.05) is 23.9 Å². The fourth-order valence-electron chi connectivity index (χ4n) is 4.09. The third kappa shape index (κ3) is 3.48. The van der Waals surface area contributed by atoms with Crippen molar-refractivity contribution in [3.8, 4) is 0 Å². The average Bonchev–Trinajstić information content (AvgIpc) is 3.28. The van der Waals surface area contributed by atoms with Crippen molar-refractivity contribution in [2.45, 2.75) is 63.5 Å². The molecule has 3 heteroatoms. The third-order valence-electron chi connectivity index (χ3n) is 5.65. The molecule has 0 amide bonds. The second kappa shape index (κ2) is 6.82. The van der Waals surface area contributed by atoms with E-state index in [4.69, 9.17) is 5.73 Å². The summed E-state index contributed by atoms with van der Waals surface area (Å²) in [6.07, 6.45) is 11.9. The smallest absolute Gasteiger partial charge is 0.0334 e. The minimum absolute atomic E-state index is 0.294. The van der Waals surface area contributed by atoms with Crippen LogP contribution in [-0.2, 0) is 0 Å². The van der Waals surface area contributed by atoms with Crippen LogP contribution in [-0.4, -0.2) is 42.1 Å². The normalized spacial score (nSPS) is 33.6. The summed E-state index contributed by atoms with van der Waals surface area (Å²) in [5.41, 5.74) is 6.56. The van der Waals surface area contributed by atoms with Crippen molar-refractivity contribution in [1.29, 1.82) is 0 Å². The molecule has 0 bridgehead atoms. The number of hydrogen-bond donors (Lipinski definition) is 1. The van der Waals surface area contributed by atoms with Crippen molar-refractivity contribution >= 4 is 11.8 Å². The summed E-state index contributed by atoms with van der Waals surface area (Å²) in [7, 11) is 2.34. The van der Waals surface area contributed by atoms with E-state index in [1.807, 2.05) is 11.8 Å². The predicted octanol–water partition coefficient (Wildman–Crippen LogP) is 3.36. The van der Waals surface area contributed by atoms with Crippen molar-refractivity contribution in [2.75, 3.05) is 25.6 Å². The van der Waals surface area contributed by atoms with Crippen molar-refractivity contribution in [3.05, 3.63) is 0 Å². The van der Waals surface area contributed by atoms with Crippen molar-refractivity contribution in [1.82, 2.24) is 4.90 Å². The zero-order valence-corrected chi connectivity index (χ0v) is 13.8. The largest absolute Gasteiger partial charge is 0.329 e. The van der Waals surface area contributed by atoms with Gasteiger partial charge in [0.25, 0.3) is 0 Å². The maximum absolute atomic E-state index is 6.26. The molecule has 2 aliphatic rings. The lowest BCUT2D eigenvalue weighted by molar-refractivity contribution is 0.0251. The van der Waals surface area contributed by atoms with E-state index in [0.717, 1.165) is 18.4 Å². The van der Waals surface area contributed by atoms with Gasteiger partial charge in [-0.2, -0.15) is 11.8 Å². The van der Waals surface area contributed by atoms with Crippen LogP contribution < -0.4 is 5.73 Å². The quantitative estimate of drug-likeness (QED) is 0.777. The minimum atomic E-state index is 0.294. The molecule has 0 radical (unpaired) electrons. The molecule has 112 valence electrons. The Bertz CT molecular complexity index is 280. The molecular weight excluding hydrogens is 252 g/mol. The lowest BCUT2D eigenvalue weighted by Crippen LogP contribution is -2.58. The molecule has 3 unspecified atom stereocenters. The van der Waals surface area contributed by atoms with Gasteiger partial charge in [-0.25, -0.2) is 0 Å². The highest BCUT2D eigenvalue weighted by Crippen LogP contribution is 2.48. The highest BCUT2D eigenvalue weighted by Gasteiger charge is 2.44. The first-order chi connectivity index (χ1) is 9.16. The fourth-order valence-corrected chi connectivity index (χ4v) is 4.93. The zero-order valence-electron chi connectivity index (χ0n) is 13.0. The molecule has 2 nitrogen and oxygen atoms in total. The van der Waals surface area contributed by atoms with Gasteiger partial charge in [-0.3, -0.25) is 4.90 Å². The summed E-state index contributed by atoms with van der Waals surface area (Å²) in [6.45, 7) is 3.17. The number of thioether (sulfide) groups is 1. The summed E-state index contributed by atoms with van der Waals surface area (Å²) in [6, 6.07) is 0.691. The molecular formula is C16H32N2S. The highest BCUT2D eigenvalue weighted by molar-refractivity contribution is 7.98.